The number of nitrogens with zero attached hydrogens (tertiary/aromatic N) is 2. The van der Waals surface area contributed by atoms with Crippen LogP contribution in [0.3, 0.4) is 0 Å². The summed E-state index contributed by atoms with van der Waals surface area (Å²) in [6.45, 7) is 2.05. The molecular weight excluding hydrogens is 464 g/mol. The lowest BCUT2D eigenvalue weighted by Gasteiger charge is -2.23. The summed E-state index contributed by atoms with van der Waals surface area (Å²) in [6, 6.07) is 19.3. The second kappa shape index (κ2) is 9.34. The first-order valence-electron chi connectivity index (χ1n) is 11.0. The number of thioether (sulfide) groups is 1. The molecule has 0 radical (unpaired) electrons. The number of ether oxygens (including phenoxy) is 2. The summed E-state index contributed by atoms with van der Waals surface area (Å²) in [6.07, 6.45) is -0.538. The molecule has 0 unspecified atom stereocenters. The normalized spacial score (nSPS) is 14.0. The molecule has 0 amide bonds. The molecule has 9 heteroatoms. The number of para-hydroxylation sites is 1. The van der Waals surface area contributed by atoms with Crippen LogP contribution in [-0.4, -0.2) is 29.4 Å². The van der Waals surface area contributed by atoms with E-state index in [1.807, 2.05) is 31.2 Å². The highest BCUT2D eigenvalue weighted by molar-refractivity contribution is 7.98. The summed E-state index contributed by atoms with van der Waals surface area (Å²) >= 11 is 1.46. The van der Waals surface area contributed by atoms with Crippen molar-refractivity contribution in [3.05, 3.63) is 87.7 Å². The standard InChI is InChI=1S/C26H24N4O4S/c1-15-8-10-16(11-9-15)14-35-26-28-25(32)22-18-6-4-5-7-19(18)27-24(30(22)29-26)17-12-20(33-2)23(31)21(13-17)34-3/h4-13,24H,14H2,1-3H3,(H2,28,29,31,32)/p+1/t24-/m0/s1. The van der Waals surface area contributed by atoms with Crippen molar-refractivity contribution in [2.75, 3.05) is 19.5 Å². The summed E-state index contributed by atoms with van der Waals surface area (Å²) in [5, 5.41) is 19.2. The van der Waals surface area contributed by atoms with Crippen LogP contribution in [0.15, 0.2) is 70.6 Å². The van der Waals surface area contributed by atoms with Gasteiger partial charge in [0.15, 0.2) is 11.5 Å². The van der Waals surface area contributed by atoms with Crippen LogP contribution in [0.2, 0.25) is 0 Å². The first kappa shape index (κ1) is 22.8. The number of fused-ring (bicyclic) bond motifs is 3. The second-order valence-electron chi connectivity index (χ2n) is 8.19. The number of methoxy groups -OCH3 is 2. The van der Waals surface area contributed by atoms with E-state index < -0.39 is 6.17 Å². The van der Waals surface area contributed by atoms with E-state index in [9.17, 15) is 9.90 Å². The van der Waals surface area contributed by atoms with Crippen molar-refractivity contribution in [3.8, 4) is 28.5 Å². The molecular formula is C26H25N4O4S+. The van der Waals surface area contributed by atoms with Crippen molar-refractivity contribution in [1.82, 2.24) is 10.1 Å². The minimum Gasteiger partial charge on any atom is -0.502 e. The first-order chi connectivity index (χ1) is 17.0. The highest BCUT2D eigenvalue weighted by Gasteiger charge is 2.38. The van der Waals surface area contributed by atoms with Crippen molar-refractivity contribution in [2.24, 2.45) is 0 Å². The van der Waals surface area contributed by atoms with Gasteiger partial charge < -0.3 is 19.9 Å². The zero-order valence-corrected chi connectivity index (χ0v) is 20.3. The van der Waals surface area contributed by atoms with E-state index in [0.717, 1.165) is 16.8 Å². The van der Waals surface area contributed by atoms with E-state index >= 15 is 0 Å². The molecule has 2 heterocycles. The summed E-state index contributed by atoms with van der Waals surface area (Å²) in [5.74, 6) is 1.10. The van der Waals surface area contributed by atoms with Crippen molar-refractivity contribution in [2.45, 2.75) is 24.0 Å². The van der Waals surface area contributed by atoms with Crippen LogP contribution in [0.25, 0.3) is 11.3 Å². The Morgan fingerprint density at radius 1 is 1.06 bits per heavy atom. The third-order valence-electron chi connectivity index (χ3n) is 5.90. The van der Waals surface area contributed by atoms with Gasteiger partial charge in [0.2, 0.25) is 10.9 Å². The van der Waals surface area contributed by atoms with Gasteiger partial charge >= 0.3 is 11.3 Å². The summed E-state index contributed by atoms with van der Waals surface area (Å²) in [7, 11) is 2.96. The first-order valence-corrected chi connectivity index (χ1v) is 12.0. The molecule has 0 aliphatic carbocycles. The Kier molecular flexibility index (Phi) is 6.08. The van der Waals surface area contributed by atoms with E-state index in [1.54, 1.807) is 16.8 Å². The van der Waals surface area contributed by atoms with Gasteiger partial charge in [0, 0.05) is 10.9 Å². The number of aromatic nitrogens is 3. The maximum Gasteiger partial charge on any atom is 0.325 e. The topological polar surface area (TPSA) is 100 Å². The van der Waals surface area contributed by atoms with Crippen LogP contribution in [-0.2, 0) is 5.75 Å². The number of aromatic amines is 1. The van der Waals surface area contributed by atoms with E-state index in [4.69, 9.17) is 14.6 Å². The van der Waals surface area contributed by atoms with Crippen molar-refractivity contribution >= 4 is 17.4 Å². The quantitative estimate of drug-likeness (QED) is 0.278. The molecule has 0 fully saturated rings. The molecule has 0 spiro atoms. The highest BCUT2D eigenvalue weighted by atomic mass is 32.2. The van der Waals surface area contributed by atoms with Gasteiger partial charge in [-0.25, -0.2) is 0 Å². The zero-order valence-electron chi connectivity index (χ0n) is 19.5. The molecule has 0 bridgehead atoms. The van der Waals surface area contributed by atoms with E-state index in [-0.39, 0.29) is 22.8 Å². The van der Waals surface area contributed by atoms with Gasteiger partial charge in [-0.3, -0.25) is 9.78 Å². The summed E-state index contributed by atoms with van der Waals surface area (Å²) in [4.78, 5) is 16.3. The average molecular weight is 490 g/mol. The molecule has 178 valence electrons. The number of hydrogen-bond acceptors (Lipinski definition) is 7. The summed E-state index contributed by atoms with van der Waals surface area (Å²) in [5.41, 5.74) is 4.81. The van der Waals surface area contributed by atoms with Crippen LogP contribution in [0.1, 0.15) is 22.9 Å². The fraction of sp³-hybridized carbons (Fsp3) is 0.192. The Balaban J connectivity index is 1.61. The zero-order chi connectivity index (χ0) is 24.5. The molecule has 1 aliphatic heterocycles. The van der Waals surface area contributed by atoms with E-state index in [1.165, 1.54) is 31.5 Å². The smallest absolute Gasteiger partial charge is 0.325 e. The number of hydrogen-bond donors (Lipinski definition) is 3. The average Bonchev–Trinajstić information content (AvgIpc) is 2.88. The SMILES string of the molecule is COc1cc([C@H]2Nc3ccccc3-c3c(=O)[nH]c(SCc4ccc(C)cc4)n[n+]32)cc(OC)c1O. The molecule has 5 rings (SSSR count). The van der Waals surface area contributed by atoms with Gasteiger partial charge in [-0.15, -0.1) is 0 Å². The predicted molar refractivity (Wildman–Crippen MR) is 134 cm³/mol. The maximum atomic E-state index is 13.3. The molecule has 35 heavy (non-hydrogen) atoms. The number of rotatable bonds is 6. The van der Waals surface area contributed by atoms with Gasteiger partial charge in [0.05, 0.1) is 31.0 Å². The Morgan fingerprint density at radius 2 is 1.74 bits per heavy atom. The fourth-order valence-electron chi connectivity index (χ4n) is 4.09. The number of aryl methyl sites for hydroxylation is 1. The molecule has 1 atom stereocenters. The molecule has 0 saturated carbocycles. The van der Waals surface area contributed by atoms with Crippen molar-refractivity contribution in [3.63, 3.8) is 0 Å². The van der Waals surface area contributed by atoms with Gasteiger partial charge in [-0.2, -0.15) is 0 Å². The number of aromatic hydroxyl groups is 1. The van der Waals surface area contributed by atoms with Gasteiger partial charge in [0.1, 0.15) is 0 Å². The highest BCUT2D eigenvalue weighted by Crippen LogP contribution is 2.40. The monoisotopic (exact) mass is 489 g/mol. The Morgan fingerprint density at radius 3 is 2.43 bits per heavy atom. The van der Waals surface area contributed by atoms with E-state index in [2.05, 4.69) is 34.6 Å². The lowest BCUT2D eigenvalue weighted by Crippen LogP contribution is -2.55. The maximum absolute atomic E-state index is 13.3. The Bertz CT molecular complexity index is 1430. The summed E-state index contributed by atoms with van der Waals surface area (Å²) < 4.78 is 12.4. The molecule has 4 aromatic rings. The molecule has 1 aromatic heterocycles. The fourth-order valence-corrected chi connectivity index (χ4v) is 4.89. The molecule has 0 saturated heterocycles. The number of H-pyrrole nitrogens is 1. The van der Waals surface area contributed by atoms with Gasteiger partial charge in [-0.1, -0.05) is 53.7 Å². The molecule has 8 nitrogen and oxygen atoms in total. The third kappa shape index (κ3) is 4.30. The number of nitrogens with one attached hydrogen (secondary N) is 2. The third-order valence-corrected chi connectivity index (χ3v) is 6.83. The minimum atomic E-state index is -0.538. The largest absolute Gasteiger partial charge is 0.502 e. The number of anilines is 1. The Hall–Kier alpha value is -3.98. The lowest BCUT2D eigenvalue weighted by atomic mass is 10.0. The van der Waals surface area contributed by atoms with Gasteiger partial charge in [-0.05, 0) is 41.4 Å². The van der Waals surface area contributed by atoms with Crippen molar-refractivity contribution in [1.29, 1.82) is 0 Å². The van der Waals surface area contributed by atoms with Gasteiger partial charge in [0.25, 0.3) is 6.17 Å². The Labute approximate surface area is 206 Å². The predicted octanol–water partition coefficient (Wildman–Crippen LogP) is 4.02. The van der Waals surface area contributed by atoms with E-state index in [0.29, 0.717) is 22.2 Å². The minimum absolute atomic E-state index is 0.0895. The van der Waals surface area contributed by atoms with Crippen LogP contribution in [0, 0.1) is 6.92 Å². The van der Waals surface area contributed by atoms with Crippen LogP contribution < -0.4 is 25.0 Å². The molecule has 3 N–H and O–H groups in total. The van der Waals surface area contributed by atoms with Crippen LogP contribution >= 0.6 is 11.8 Å². The number of phenols is 1. The second-order valence-corrected chi connectivity index (χ2v) is 9.16. The molecule has 1 aliphatic rings. The molecule has 3 aromatic carbocycles. The van der Waals surface area contributed by atoms with Crippen LogP contribution in [0.5, 0.6) is 17.2 Å². The van der Waals surface area contributed by atoms with Crippen molar-refractivity contribution < 1.29 is 19.3 Å². The number of phenolic OH excluding ortho intramolecular Hbond substituents is 1. The number of benzene rings is 3. The lowest BCUT2D eigenvalue weighted by molar-refractivity contribution is -0.759. The van der Waals surface area contributed by atoms with Crippen LogP contribution in [0.4, 0.5) is 5.69 Å².